The van der Waals surface area contributed by atoms with E-state index in [0.717, 1.165) is 148 Å². The molecule has 326 valence electrons. The second kappa shape index (κ2) is 37.5. The summed E-state index contributed by atoms with van der Waals surface area (Å²) >= 11 is 0. The van der Waals surface area contributed by atoms with Crippen LogP contribution in [-0.4, -0.2) is 79.6 Å². The number of carbonyl (C=O) groups is 6. The highest BCUT2D eigenvalue weighted by molar-refractivity contribution is 5.92. The lowest BCUT2D eigenvalue weighted by molar-refractivity contribution is -0.369. The zero-order chi connectivity index (χ0) is 41.7. The van der Waals surface area contributed by atoms with Gasteiger partial charge in [-0.2, -0.15) is 0 Å². The number of Topliss-reactive ketones (excluding diaryl/α,β-unsaturated/α-hetero) is 1. The Morgan fingerprint density at radius 1 is 0.446 bits per heavy atom. The molecule has 14 nitrogen and oxygen atoms in total. The van der Waals surface area contributed by atoms with E-state index in [0.29, 0.717) is 63.7 Å². The average molecular weight is 798 g/mol. The van der Waals surface area contributed by atoms with Gasteiger partial charge in [0.1, 0.15) is 23.9 Å². The van der Waals surface area contributed by atoms with Gasteiger partial charge < -0.3 is 44.2 Å². The maximum absolute atomic E-state index is 13.5. The molecule has 0 saturated heterocycles. The van der Waals surface area contributed by atoms with Crippen LogP contribution in [-0.2, 0) is 28.8 Å². The largest absolute Gasteiger partial charge is 0.368 e. The summed E-state index contributed by atoms with van der Waals surface area (Å²) in [5.74, 6) is -1.00. The van der Waals surface area contributed by atoms with E-state index in [1.807, 2.05) is 0 Å². The molecule has 0 saturated carbocycles. The maximum Gasteiger partial charge on any atom is 0.243 e. The normalized spacial score (nSPS) is 12.7. The number of ketones is 1. The fourth-order valence-corrected chi connectivity index (χ4v) is 6.67. The summed E-state index contributed by atoms with van der Waals surface area (Å²) in [6.45, 7) is 4.97. The Hall–Kier alpha value is -3.10. The molecule has 3 atom stereocenters. The van der Waals surface area contributed by atoms with Crippen molar-refractivity contribution in [2.45, 2.75) is 205 Å². The molecule has 0 aliphatic rings. The van der Waals surface area contributed by atoms with Crippen molar-refractivity contribution in [3.8, 4) is 0 Å². The smallest absolute Gasteiger partial charge is 0.243 e. The van der Waals surface area contributed by atoms with E-state index < -0.39 is 24.0 Å². The third kappa shape index (κ3) is 31.0. The molecule has 0 fully saturated rings. The Kier molecular flexibility index (Phi) is 35.4. The molecule has 0 aromatic carbocycles. The first-order valence-corrected chi connectivity index (χ1v) is 22.4. The van der Waals surface area contributed by atoms with Gasteiger partial charge in [-0.3, -0.25) is 28.8 Å². The molecule has 0 rings (SSSR count). The van der Waals surface area contributed by atoms with Crippen molar-refractivity contribution >= 4 is 35.3 Å². The van der Waals surface area contributed by atoms with E-state index in [9.17, 15) is 28.8 Å². The SMILES string of the molecule is CCCCCC(=O)CCCCCC(=O)NC(CCCC[NH3+])C(=O)NC(CCCC[NH3+])C(=O)NCCCCCCCCCCCC(=O)NC(CCCC[NH3+])C(N)=O. The highest BCUT2D eigenvalue weighted by Crippen LogP contribution is 2.12. The molecule has 0 aliphatic heterocycles. The third-order valence-electron chi connectivity index (χ3n) is 10.2. The van der Waals surface area contributed by atoms with Crippen molar-refractivity contribution in [3.63, 3.8) is 0 Å². The Morgan fingerprint density at radius 2 is 0.839 bits per heavy atom. The van der Waals surface area contributed by atoms with Crippen LogP contribution in [0.1, 0.15) is 187 Å². The average Bonchev–Trinajstić information content (AvgIpc) is 3.17. The number of rotatable bonds is 40. The summed E-state index contributed by atoms with van der Waals surface area (Å²) in [5.41, 5.74) is 17.0. The highest BCUT2D eigenvalue weighted by atomic mass is 16.2. The number of hydrogen-bond acceptors (Lipinski definition) is 6. The monoisotopic (exact) mass is 798 g/mol. The van der Waals surface area contributed by atoms with E-state index >= 15 is 0 Å². The molecule has 0 radical (unpaired) electrons. The first-order chi connectivity index (χ1) is 27.1. The highest BCUT2D eigenvalue weighted by Gasteiger charge is 2.26. The molecule has 3 unspecified atom stereocenters. The van der Waals surface area contributed by atoms with Gasteiger partial charge in [-0.1, -0.05) is 71.1 Å². The van der Waals surface area contributed by atoms with Crippen LogP contribution in [0.2, 0.25) is 0 Å². The summed E-state index contributed by atoms with van der Waals surface area (Å²) in [5, 5.41) is 11.7. The predicted molar refractivity (Wildman–Crippen MR) is 221 cm³/mol. The molecule has 14 heteroatoms. The second-order valence-electron chi connectivity index (χ2n) is 15.5. The molecule has 0 heterocycles. The van der Waals surface area contributed by atoms with Gasteiger partial charge >= 0.3 is 0 Å². The van der Waals surface area contributed by atoms with Gasteiger partial charge in [0.2, 0.25) is 29.5 Å². The molecule has 5 amide bonds. The van der Waals surface area contributed by atoms with Gasteiger partial charge in [-0.15, -0.1) is 0 Å². The Balaban J connectivity index is 4.53. The molecular formula is C42H85N8O6+3. The number of amides is 5. The van der Waals surface area contributed by atoms with E-state index in [-0.39, 0.29) is 23.6 Å². The topological polar surface area (TPSA) is 259 Å². The van der Waals surface area contributed by atoms with Gasteiger partial charge in [0.25, 0.3) is 0 Å². The number of quaternary nitrogens is 3. The van der Waals surface area contributed by atoms with Crippen LogP contribution in [0.3, 0.4) is 0 Å². The lowest BCUT2D eigenvalue weighted by Gasteiger charge is -2.23. The van der Waals surface area contributed by atoms with Gasteiger partial charge in [-0.25, -0.2) is 0 Å². The van der Waals surface area contributed by atoms with E-state index in [1.54, 1.807) is 0 Å². The molecular weight excluding hydrogens is 713 g/mol. The molecule has 0 aromatic rings. The standard InChI is InChI=1S/C42H82N8O6/c1-2-3-12-23-34(51)24-13-11-15-29-39(53)49-37(27-18-21-32-45)42(56)50-36(26-17-20-31-44)41(55)47-33-22-10-8-6-4-5-7-9-14-28-38(52)48-35(40(46)54)25-16-19-30-43/h35-37H,2-33,43-45H2,1H3,(H2,46,54)(H,47,55)(H,48,52)(H,49,53)(H,50,56)/p+3. The van der Waals surface area contributed by atoms with Crippen LogP contribution in [0, 0.1) is 0 Å². The quantitative estimate of drug-likeness (QED) is 0.0431. The lowest BCUT2D eigenvalue weighted by atomic mass is 10.0. The minimum Gasteiger partial charge on any atom is -0.368 e. The second-order valence-corrected chi connectivity index (χ2v) is 15.5. The number of unbranched alkanes of at least 4 members (excludes halogenated alkanes) is 15. The number of nitrogens with two attached hydrogens (primary N) is 1. The summed E-state index contributed by atoms with van der Waals surface area (Å²) in [6, 6.07) is -1.98. The molecule has 0 spiro atoms. The van der Waals surface area contributed by atoms with Crippen LogP contribution in [0.4, 0.5) is 0 Å². The van der Waals surface area contributed by atoms with Crippen molar-refractivity contribution in [3.05, 3.63) is 0 Å². The van der Waals surface area contributed by atoms with Gasteiger partial charge in [0, 0.05) is 32.2 Å². The van der Waals surface area contributed by atoms with Crippen molar-refractivity contribution in [1.29, 1.82) is 0 Å². The van der Waals surface area contributed by atoms with Crippen LogP contribution in [0.25, 0.3) is 0 Å². The Morgan fingerprint density at radius 3 is 1.32 bits per heavy atom. The van der Waals surface area contributed by atoms with Crippen molar-refractivity contribution in [1.82, 2.24) is 21.3 Å². The fourth-order valence-electron chi connectivity index (χ4n) is 6.67. The van der Waals surface area contributed by atoms with Gasteiger partial charge in [-0.05, 0) is 89.9 Å². The van der Waals surface area contributed by atoms with Crippen molar-refractivity contribution in [2.75, 3.05) is 26.2 Å². The number of primary amides is 1. The first-order valence-electron chi connectivity index (χ1n) is 22.4. The lowest BCUT2D eigenvalue weighted by Crippen LogP contribution is -2.54. The Labute approximate surface area is 338 Å². The van der Waals surface area contributed by atoms with E-state index in [4.69, 9.17) is 5.73 Å². The van der Waals surface area contributed by atoms with Gasteiger partial charge in [0.15, 0.2) is 0 Å². The minimum absolute atomic E-state index is 0.114. The van der Waals surface area contributed by atoms with Crippen LogP contribution < -0.4 is 44.2 Å². The van der Waals surface area contributed by atoms with Gasteiger partial charge in [0.05, 0.1) is 19.6 Å². The van der Waals surface area contributed by atoms with Crippen molar-refractivity contribution in [2.24, 2.45) is 5.73 Å². The summed E-state index contributed by atoms with van der Waals surface area (Å²) < 4.78 is 0. The predicted octanol–water partition coefficient (Wildman–Crippen LogP) is 2.28. The molecule has 0 aromatic heterocycles. The zero-order valence-electron chi connectivity index (χ0n) is 35.5. The summed E-state index contributed by atoms with van der Waals surface area (Å²) in [4.78, 5) is 75.4. The van der Waals surface area contributed by atoms with E-state index in [2.05, 4.69) is 45.4 Å². The summed E-state index contributed by atoms with van der Waals surface area (Å²) in [7, 11) is 0. The van der Waals surface area contributed by atoms with Crippen LogP contribution >= 0.6 is 0 Å². The minimum atomic E-state index is -0.712. The maximum atomic E-state index is 13.5. The van der Waals surface area contributed by atoms with Crippen LogP contribution in [0.15, 0.2) is 0 Å². The molecule has 15 N–H and O–H groups in total. The molecule has 0 bridgehead atoms. The number of nitrogens with one attached hydrogen (secondary N) is 4. The molecule has 0 aliphatic carbocycles. The molecule has 56 heavy (non-hydrogen) atoms. The summed E-state index contributed by atoms with van der Waals surface area (Å²) in [6.07, 6.45) is 22.9. The van der Waals surface area contributed by atoms with Crippen molar-refractivity contribution < 1.29 is 46.0 Å². The Bertz CT molecular complexity index is 1060. The number of hydrogen-bond donors (Lipinski definition) is 8. The van der Waals surface area contributed by atoms with E-state index in [1.165, 1.54) is 0 Å². The first kappa shape index (κ1) is 52.9. The number of carbonyl (C=O) groups excluding carboxylic acids is 6. The fraction of sp³-hybridized carbons (Fsp3) is 0.857. The third-order valence-corrected chi connectivity index (χ3v) is 10.2. The zero-order valence-corrected chi connectivity index (χ0v) is 35.5. The van der Waals surface area contributed by atoms with Crippen LogP contribution in [0.5, 0.6) is 0 Å².